The van der Waals surface area contributed by atoms with E-state index >= 15 is 0 Å². The van der Waals surface area contributed by atoms with Crippen LogP contribution in [0.2, 0.25) is 0 Å². The van der Waals surface area contributed by atoms with Gasteiger partial charge >= 0.3 is 5.97 Å². The number of aromatic carboxylic acids is 1. The highest BCUT2D eigenvalue weighted by Gasteiger charge is 2.35. The molecule has 0 spiro atoms. The number of hydrogen-bond acceptors (Lipinski definition) is 3. The van der Waals surface area contributed by atoms with Crippen molar-refractivity contribution in [2.75, 3.05) is 20.1 Å². The molecule has 16 heavy (non-hydrogen) atoms. The highest BCUT2D eigenvalue weighted by atomic mass is 16.4. The lowest BCUT2D eigenvalue weighted by Crippen LogP contribution is -2.29. The predicted octanol–water partition coefficient (Wildman–Crippen LogP) is 0.908. The Hall–Kier alpha value is -1.39. The molecule has 1 saturated heterocycles. The predicted molar refractivity (Wildman–Crippen MR) is 59.4 cm³/mol. The molecule has 0 saturated carbocycles. The van der Waals surface area contributed by atoms with Crippen LogP contribution in [-0.4, -0.2) is 41.2 Å². The van der Waals surface area contributed by atoms with Crippen molar-refractivity contribution in [2.24, 2.45) is 0 Å². The summed E-state index contributed by atoms with van der Waals surface area (Å²) in [4.78, 5) is 12.8. The van der Waals surface area contributed by atoms with Gasteiger partial charge in [-0.3, -0.25) is 0 Å². The maximum Gasteiger partial charge on any atom is 0.335 e. The van der Waals surface area contributed by atoms with Gasteiger partial charge in [0.15, 0.2) is 0 Å². The molecule has 1 aromatic rings. The zero-order valence-electron chi connectivity index (χ0n) is 9.18. The van der Waals surface area contributed by atoms with Crippen LogP contribution in [0.1, 0.15) is 22.3 Å². The molecule has 1 aliphatic heterocycles. The molecule has 1 aliphatic rings. The number of benzene rings is 1. The molecular weight excluding hydrogens is 206 g/mol. The van der Waals surface area contributed by atoms with Gasteiger partial charge in [-0.15, -0.1) is 0 Å². The molecule has 86 valence electrons. The van der Waals surface area contributed by atoms with Crippen LogP contribution in [-0.2, 0) is 5.60 Å². The minimum Gasteiger partial charge on any atom is -0.478 e. The normalized spacial score (nSPS) is 25.9. The summed E-state index contributed by atoms with van der Waals surface area (Å²) in [6, 6.07) is 6.47. The number of nitrogens with zero attached hydrogens (tertiary/aromatic N) is 1. The van der Waals surface area contributed by atoms with Gasteiger partial charge in [0, 0.05) is 13.1 Å². The van der Waals surface area contributed by atoms with Crippen molar-refractivity contribution in [3.8, 4) is 0 Å². The SMILES string of the molecule is CN1CCC(O)(c2ccc(C(=O)O)cc2)C1. The average Bonchev–Trinajstić information content (AvgIpc) is 2.60. The van der Waals surface area contributed by atoms with Crippen LogP contribution in [0.4, 0.5) is 0 Å². The molecule has 2 rings (SSSR count). The summed E-state index contributed by atoms with van der Waals surface area (Å²) in [6.07, 6.45) is 0.690. The Morgan fingerprint density at radius 1 is 1.38 bits per heavy atom. The van der Waals surface area contributed by atoms with Crippen molar-refractivity contribution in [2.45, 2.75) is 12.0 Å². The van der Waals surface area contributed by atoms with Gasteiger partial charge in [0.05, 0.1) is 5.56 Å². The average molecular weight is 221 g/mol. The number of β-amino-alcohol motifs (C(OH)–C–C–N with tert-alkyl or cyclic N) is 1. The second-order valence-corrected chi connectivity index (χ2v) is 4.40. The van der Waals surface area contributed by atoms with Crippen LogP contribution in [0.3, 0.4) is 0 Å². The number of rotatable bonds is 2. The molecule has 1 atom stereocenters. The molecule has 1 aromatic carbocycles. The van der Waals surface area contributed by atoms with Gasteiger partial charge in [0.25, 0.3) is 0 Å². The van der Waals surface area contributed by atoms with Gasteiger partial charge in [-0.2, -0.15) is 0 Å². The minimum absolute atomic E-state index is 0.249. The molecule has 0 aromatic heterocycles. The van der Waals surface area contributed by atoms with Crippen molar-refractivity contribution < 1.29 is 15.0 Å². The van der Waals surface area contributed by atoms with Gasteiger partial charge in [0.2, 0.25) is 0 Å². The zero-order chi connectivity index (χ0) is 11.8. The van der Waals surface area contributed by atoms with Gasteiger partial charge in [-0.1, -0.05) is 12.1 Å². The molecule has 1 fully saturated rings. The highest BCUT2D eigenvalue weighted by molar-refractivity contribution is 5.87. The summed E-state index contributed by atoms with van der Waals surface area (Å²) < 4.78 is 0. The summed E-state index contributed by atoms with van der Waals surface area (Å²) >= 11 is 0. The van der Waals surface area contributed by atoms with E-state index in [1.165, 1.54) is 12.1 Å². The Labute approximate surface area is 94.1 Å². The Kier molecular flexibility index (Phi) is 2.69. The maximum absolute atomic E-state index is 10.7. The third-order valence-corrected chi connectivity index (χ3v) is 3.11. The first kappa shape index (κ1) is 11.1. The molecule has 0 amide bonds. The molecule has 4 heteroatoms. The number of carboxylic acids is 1. The van der Waals surface area contributed by atoms with Crippen molar-refractivity contribution in [1.29, 1.82) is 0 Å². The van der Waals surface area contributed by atoms with Crippen LogP contribution in [0.25, 0.3) is 0 Å². The van der Waals surface area contributed by atoms with Crippen LogP contribution in [0, 0.1) is 0 Å². The van der Waals surface area contributed by atoms with Crippen molar-refractivity contribution in [3.05, 3.63) is 35.4 Å². The van der Waals surface area contributed by atoms with E-state index in [9.17, 15) is 9.90 Å². The van der Waals surface area contributed by atoms with E-state index in [4.69, 9.17) is 5.11 Å². The molecule has 0 bridgehead atoms. The van der Waals surface area contributed by atoms with E-state index in [0.29, 0.717) is 13.0 Å². The Balaban J connectivity index is 2.25. The number of carbonyl (C=O) groups is 1. The Morgan fingerprint density at radius 2 is 2.00 bits per heavy atom. The van der Waals surface area contributed by atoms with Gasteiger partial charge < -0.3 is 15.1 Å². The molecule has 2 N–H and O–H groups in total. The molecular formula is C12H15NO3. The fourth-order valence-corrected chi connectivity index (χ4v) is 2.14. The van der Waals surface area contributed by atoms with Crippen molar-refractivity contribution in [3.63, 3.8) is 0 Å². The van der Waals surface area contributed by atoms with Gasteiger partial charge in [-0.25, -0.2) is 4.79 Å². The molecule has 0 radical (unpaired) electrons. The van der Waals surface area contributed by atoms with Crippen LogP contribution in [0.15, 0.2) is 24.3 Å². The molecule has 0 aliphatic carbocycles. The van der Waals surface area contributed by atoms with Gasteiger partial charge in [-0.05, 0) is 31.2 Å². The number of likely N-dealkylation sites (N-methyl/N-ethyl adjacent to an activating group) is 1. The number of hydrogen-bond donors (Lipinski definition) is 2. The van der Waals surface area contributed by atoms with Crippen molar-refractivity contribution in [1.82, 2.24) is 4.90 Å². The van der Waals surface area contributed by atoms with E-state index in [-0.39, 0.29) is 5.56 Å². The lowest BCUT2D eigenvalue weighted by Gasteiger charge is -2.22. The van der Waals surface area contributed by atoms with E-state index in [1.54, 1.807) is 12.1 Å². The van der Waals surface area contributed by atoms with E-state index in [0.717, 1.165) is 12.1 Å². The molecule has 4 nitrogen and oxygen atoms in total. The van der Waals surface area contributed by atoms with Gasteiger partial charge in [0.1, 0.15) is 5.60 Å². The van der Waals surface area contributed by atoms with Crippen LogP contribution in [0.5, 0.6) is 0 Å². The summed E-state index contributed by atoms with van der Waals surface area (Å²) in [5.74, 6) is -0.943. The smallest absolute Gasteiger partial charge is 0.335 e. The number of likely N-dealkylation sites (tertiary alicyclic amines) is 1. The third kappa shape index (κ3) is 1.94. The standard InChI is InChI=1S/C12H15NO3/c1-13-7-6-12(16,8-13)10-4-2-9(3-5-10)11(14)15/h2-5,16H,6-8H2,1H3,(H,14,15). The van der Waals surface area contributed by atoms with E-state index in [2.05, 4.69) is 4.90 Å². The summed E-state index contributed by atoms with van der Waals surface area (Å²) in [5.41, 5.74) is 0.215. The zero-order valence-corrected chi connectivity index (χ0v) is 9.18. The third-order valence-electron chi connectivity index (χ3n) is 3.11. The minimum atomic E-state index is -0.943. The fraction of sp³-hybridized carbons (Fsp3) is 0.417. The van der Waals surface area contributed by atoms with Crippen LogP contribution < -0.4 is 0 Å². The van der Waals surface area contributed by atoms with E-state index < -0.39 is 11.6 Å². The summed E-state index contributed by atoms with van der Waals surface area (Å²) in [6.45, 7) is 1.45. The number of aliphatic hydroxyl groups is 1. The largest absolute Gasteiger partial charge is 0.478 e. The highest BCUT2D eigenvalue weighted by Crippen LogP contribution is 2.31. The molecule has 1 heterocycles. The Morgan fingerprint density at radius 3 is 2.44 bits per heavy atom. The number of carboxylic acid groups (broad SMARTS) is 1. The lowest BCUT2D eigenvalue weighted by atomic mass is 9.92. The lowest BCUT2D eigenvalue weighted by molar-refractivity contribution is 0.0487. The van der Waals surface area contributed by atoms with Crippen LogP contribution >= 0.6 is 0 Å². The van der Waals surface area contributed by atoms with E-state index in [1.807, 2.05) is 7.05 Å². The quantitative estimate of drug-likeness (QED) is 0.779. The summed E-state index contributed by atoms with van der Waals surface area (Å²) in [5, 5.41) is 19.1. The Bertz CT molecular complexity index is 401. The maximum atomic E-state index is 10.7. The monoisotopic (exact) mass is 221 g/mol. The van der Waals surface area contributed by atoms with Crippen molar-refractivity contribution >= 4 is 5.97 Å². The first-order valence-electron chi connectivity index (χ1n) is 5.26. The molecule has 1 unspecified atom stereocenters. The fourth-order valence-electron chi connectivity index (χ4n) is 2.14. The summed E-state index contributed by atoms with van der Waals surface area (Å²) in [7, 11) is 1.96. The topological polar surface area (TPSA) is 60.8 Å². The second kappa shape index (κ2) is 3.88. The first-order chi connectivity index (χ1) is 7.51. The first-order valence-corrected chi connectivity index (χ1v) is 5.26. The second-order valence-electron chi connectivity index (χ2n) is 4.40.